The number of carbonyl (C=O) groups excluding carboxylic acids is 1. The Hall–Kier alpha value is -1.35. The number of likely N-dealkylation sites (tertiary alicyclic amines) is 1. The molecule has 0 spiro atoms. The fourth-order valence-electron chi connectivity index (χ4n) is 2.39. The smallest absolute Gasteiger partial charge is 0.229 e. The van der Waals surface area contributed by atoms with Crippen LogP contribution in [0.25, 0.3) is 0 Å². The van der Waals surface area contributed by atoms with E-state index in [9.17, 15) is 4.79 Å². The largest absolute Gasteiger partial charge is 0.326 e. The van der Waals surface area contributed by atoms with Crippen molar-refractivity contribution in [3.8, 4) is 0 Å². The Labute approximate surface area is 122 Å². The number of carbonyl (C=O) groups is 1. The van der Waals surface area contributed by atoms with Gasteiger partial charge in [-0.05, 0) is 43.6 Å². The zero-order valence-electron chi connectivity index (χ0n) is 12.9. The van der Waals surface area contributed by atoms with Gasteiger partial charge in [-0.25, -0.2) is 0 Å². The Kier molecular flexibility index (Phi) is 4.81. The van der Waals surface area contributed by atoms with Crippen molar-refractivity contribution in [1.29, 1.82) is 0 Å². The molecule has 0 bridgehead atoms. The number of nitrogens with zero attached hydrogens (tertiary/aromatic N) is 1. The second-order valence-electron chi connectivity index (χ2n) is 6.74. The molecule has 1 aliphatic heterocycles. The van der Waals surface area contributed by atoms with Crippen molar-refractivity contribution >= 4 is 11.6 Å². The van der Waals surface area contributed by atoms with E-state index in [0.29, 0.717) is 0 Å². The Morgan fingerprint density at radius 3 is 2.25 bits per heavy atom. The van der Waals surface area contributed by atoms with Gasteiger partial charge in [-0.3, -0.25) is 9.69 Å². The maximum atomic E-state index is 11.9. The highest BCUT2D eigenvalue weighted by Gasteiger charge is 2.21. The van der Waals surface area contributed by atoms with E-state index >= 15 is 0 Å². The Bertz CT molecular complexity index is 439. The molecule has 0 aromatic heterocycles. The molecule has 1 amide bonds. The van der Waals surface area contributed by atoms with Crippen molar-refractivity contribution in [2.75, 3.05) is 18.4 Å². The molecule has 2 rings (SSSR count). The van der Waals surface area contributed by atoms with E-state index < -0.39 is 0 Å². The maximum absolute atomic E-state index is 11.9. The van der Waals surface area contributed by atoms with Gasteiger partial charge in [0.05, 0.1) is 0 Å². The normalized spacial score (nSPS) is 16.9. The lowest BCUT2D eigenvalue weighted by Crippen LogP contribution is -2.29. The van der Waals surface area contributed by atoms with Crippen molar-refractivity contribution in [1.82, 2.24) is 4.90 Å². The van der Waals surface area contributed by atoms with Gasteiger partial charge < -0.3 is 5.32 Å². The lowest BCUT2D eigenvalue weighted by atomic mass is 9.95. The zero-order valence-corrected chi connectivity index (χ0v) is 12.9. The number of hydrogen-bond acceptors (Lipinski definition) is 2. The highest BCUT2D eigenvalue weighted by atomic mass is 16.2. The first-order chi connectivity index (χ1) is 9.45. The van der Waals surface area contributed by atoms with Crippen molar-refractivity contribution in [3.63, 3.8) is 0 Å². The lowest BCUT2D eigenvalue weighted by molar-refractivity contribution is -0.123. The molecular formula is C17H26N2O. The average Bonchev–Trinajstić information content (AvgIpc) is 2.41. The molecule has 1 fully saturated rings. The van der Waals surface area contributed by atoms with Crippen LogP contribution in [0.5, 0.6) is 0 Å². The number of piperidine rings is 1. The predicted molar refractivity (Wildman–Crippen MR) is 83.7 cm³/mol. The topological polar surface area (TPSA) is 32.3 Å². The molecule has 0 radical (unpaired) electrons. The summed E-state index contributed by atoms with van der Waals surface area (Å²) in [6.07, 6.45) is 4.01. The monoisotopic (exact) mass is 274 g/mol. The summed E-state index contributed by atoms with van der Waals surface area (Å²) in [5.74, 6) is 0.0567. The van der Waals surface area contributed by atoms with Gasteiger partial charge in [0.15, 0.2) is 0 Å². The van der Waals surface area contributed by atoms with E-state index in [0.717, 1.165) is 12.2 Å². The third-order valence-electron chi connectivity index (χ3n) is 3.75. The molecule has 1 saturated heterocycles. The van der Waals surface area contributed by atoms with Crippen LogP contribution >= 0.6 is 0 Å². The second kappa shape index (κ2) is 6.40. The molecule has 0 atom stereocenters. The van der Waals surface area contributed by atoms with E-state index in [2.05, 4.69) is 22.3 Å². The first kappa shape index (κ1) is 15.0. The molecule has 3 heteroatoms. The van der Waals surface area contributed by atoms with E-state index in [-0.39, 0.29) is 11.3 Å². The van der Waals surface area contributed by atoms with Gasteiger partial charge in [0, 0.05) is 17.6 Å². The molecule has 1 heterocycles. The van der Waals surface area contributed by atoms with E-state index in [4.69, 9.17) is 0 Å². The number of anilines is 1. The van der Waals surface area contributed by atoms with Gasteiger partial charge in [-0.2, -0.15) is 0 Å². The van der Waals surface area contributed by atoms with Crippen LogP contribution in [-0.2, 0) is 11.3 Å². The lowest BCUT2D eigenvalue weighted by Gasteiger charge is -2.26. The summed E-state index contributed by atoms with van der Waals surface area (Å²) in [5.41, 5.74) is 1.85. The van der Waals surface area contributed by atoms with Crippen LogP contribution in [0, 0.1) is 5.41 Å². The molecule has 1 aromatic rings. The number of rotatable bonds is 3. The van der Waals surface area contributed by atoms with Gasteiger partial charge >= 0.3 is 0 Å². The third kappa shape index (κ3) is 4.34. The number of nitrogens with one attached hydrogen (secondary N) is 1. The Morgan fingerprint density at radius 2 is 1.70 bits per heavy atom. The SMILES string of the molecule is CC(C)(C)C(=O)Nc1ccc(CN2CCCCC2)cc1. The van der Waals surface area contributed by atoms with Gasteiger partial charge in [-0.1, -0.05) is 39.3 Å². The number of hydrogen-bond donors (Lipinski definition) is 1. The summed E-state index contributed by atoms with van der Waals surface area (Å²) in [4.78, 5) is 14.4. The third-order valence-corrected chi connectivity index (χ3v) is 3.75. The zero-order chi connectivity index (χ0) is 14.6. The number of amides is 1. The molecule has 0 saturated carbocycles. The molecule has 20 heavy (non-hydrogen) atoms. The summed E-state index contributed by atoms with van der Waals surface area (Å²) < 4.78 is 0. The predicted octanol–water partition coefficient (Wildman–Crippen LogP) is 3.66. The molecule has 1 N–H and O–H groups in total. The molecule has 0 unspecified atom stereocenters. The van der Waals surface area contributed by atoms with E-state index in [1.54, 1.807) is 0 Å². The van der Waals surface area contributed by atoms with E-state index in [1.807, 2.05) is 32.9 Å². The molecule has 1 aliphatic rings. The maximum Gasteiger partial charge on any atom is 0.229 e. The van der Waals surface area contributed by atoms with Gasteiger partial charge in [-0.15, -0.1) is 0 Å². The second-order valence-corrected chi connectivity index (χ2v) is 6.74. The van der Waals surface area contributed by atoms with Crippen LogP contribution in [-0.4, -0.2) is 23.9 Å². The molecule has 3 nitrogen and oxygen atoms in total. The Morgan fingerprint density at radius 1 is 1.10 bits per heavy atom. The minimum Gasteiger partial charge on any atom is -0.326 e. The molecular weight excluding hydrogens is 248 g/mol. The standard InChI is InChI=1S/C17H26N2O/c1-17(2,3)16(20)18-15-9-7-14(8-10-15)13-19-11-5-4-6-12-19/h7-10H,4-6,11-13H2,1-3H3,(H,18,20). The first-order valence-electron chi connectivity index (χ1n) is 7.58. The highest BCUT2D eigenvalue weighted by Crippen LogP contribution is 2.19. The molecule has 1 aromatic carbocycles. The quantitative estimate of drug-likeness (QED) is 0.912. The van der Waals surface area contributed by atoms with Crippen LogP contribution in [0.1, 0.15) is 45.6 Å². The highest BCUT2D eigenvalue weighted by molar-refractivity contribution is 5.94. The van der Waals surface area contributed by atoms with Gasteiger partial charge in [0.25, 0.3) is 0 Å². The number of benzene rings is 1. The minimum absolute atomic E-state index is 0.0567. The molecule has 0 aliphatic carbocycles. The van der Waals surface area contributed by atoms with Gasteiger partial charge in [0.2, 0.25) is 5.91 Å². The van der Waals surface area contributed by atoms with Crippen molar-refractivity contribution < 1.29 is 4.79 Å². The molecule has 110 valence electrons. The summed E-state index contributed by atoms with van der Waals surface area (Å²) >= 11 is 0. The first-order valence-corrected chi connectivity index (χ1v) is 7.58. The van der Waals surface area contributed by atoms with Crippen LogP contribution in [0.15, 0.2) is 24.3 Å². The average molecular weight is 274 g/mol. The van der Waals surface area contributed by atoms with Crippen LogP contribution < -0.4 is 5.32 Å². The van der Waals surface area contributed by atoms with Gasteiger partial charge in [0.1, 0.15) is 0 Å². The van der Waals surface area contributed by atoms with Crippen molar-refractivity contribution in [2.45, 2.75) is 46.6 Å². The van der Waals surface area contributed by atoms with E-state index in [1.165, 1.54) is 37.9 Å². The van der Waals surface area contributed by atoms with Crippen LogP contribution in [0.2, 0.25) is 0 Å². The summed E-state index contributed by atoms with van der Waals surface area (Å²) in [6.45, 7) is 9.21. The Balaban J connectivity index is 1.91. The van der Waals surface area contributed by atoms with Crippen LogP contribution in [0.3, 0.4) is 0 Å². The minimum atomic E-state index is -0.355. The summed E-state index contributed by atoms with van der Waals surface area (Å²) in [6, 6.07) is 8.24. The summed E-state index contributed by atoms with van der Waals surface area (Å²) in [5, 5.41) is 2.96. The van der Waals surface area contributed by atoms with Crippen molar-refractivity contribution in [3.05, 3.63) is 29.8 Å². The fourth-order valence-corrected chi connectivity index (χ4v) is 2.39. The fraction of sp³-hybridized carbons (Fsp3) is 0.588. The summed E-state index contributed by atoms with van der Waals surface area (Å²) in [7, 11) is 0. The van der Waals surface area contributed by atoms with Crippen molar-refractivity contribution in [2.24, 2.45) is 5.41 Å². The van der Waals surface area contributed by atoms with Crippen LogP contribution in [0.4, 0.5) is 5.69 Å².